The van der Waals surface area contributed by atoms with Crippen LogP contribution in [-0.2, 0) is 0 Å². The van der Waals surface area contributed by atoms with Gasteiger partial charge in [0.15, 0.2) is 0 Å². The van der Waals surface area contributed by atoms with Crippen LogP contribution in [0.15, 0.2) is 36.9 Å². The lowest BCUT2D eigenvalue weighted by Crippen LogP contribution is -2.01. The lowest BCUT2D eigenvalue weighted by atomic mass is 10.2. The number of nitrogens with one attached hydrogen (secondary N) is 1. The van der Waals surface area contributed by atoms with Crippen molar-refractivity contribution >= 4 is 5.69 Å². The van der Waals surface area contributed by atoms with Crippen LogP contribution in [0.25, 0.3) is 0 Å². The van der Waals surface area contributed by atoms with Crippen molar-refractivity contribution in [1.82, 2.24) is 0 Å². The summed E-state index contributed by atoms with van der Waals surface area (Å²) in [7, 11) is 0. The largest absolute Gasteiger partial charge is 0.385 e. The number of allylic oxidation sites excluding steroid dienone is 1. The third-order valence-electron chi connectivity index (χ3n) is 2.41. The monoisotopic (exact) mass is 214 g/mol. The molecule has 0 aromatic heterocycles. The number of nitrogens with zero attached hydrogens (tertiary/aromatic N) is 1. The van der Waals surface area contributed by atoms with E-state index in [-0.39, 0.29) is 0 Å². The van der Waals surface area contributed by atoms with Crippen LogP contribution in [0.2, 0.25) is 0 Å². The molecule has 1 aromatic rings. The van der Waals surface area contributed by atoms with Crippen LogP contribution in [0.5, 0.6) is 0 Å². The fourth-order valence-corrected chi connectivity index (χ4v) is 1.52. The van der Waals surface area contributed by atoms with Crippen LogP contribution in [0.1, 0.15) is 31.2 Å². The van der Waals surface area contributed by atoms with Gasteiger partial charge in [-0.05, 0) is 37.5 Å². The van der Waals surface area contributed by atoms with Crippen molar-refractivity contribution in [2.24, 2.45) is 0 Å². The van der Waals surface area contributed by atoms with E-state index in [4.69, 9.17) is 5.26 Å². The molecule has 0 spiro atoms. The summed E-state index contributed by atoms with van der Waals surface area (Å²) in [4.78, 5) is 0. The minimum Gasteiger partial charge on any atom is -0.385 e. The lowest BCUT2D eigenvalue weighted by molar-refractivity contribution is 0.709. The van der Waals surface area contributed by atoms with Gasteiger partial charge < -0.3 is 5.32 Å². The normalized spacial score (nSPS) is 9.44. The predicted octanol–water partition coefficient (Wildman–Crippen LogP) is 3.72. The maximum atomic E-state index is 8.74. The van der Waals surface area contributed by atoms with Gasteiger partial charge in [-0.15, -0.1) is 6.58 Å². The zero-order chi connectivity index (χ0) is 11.6. The molecule has 0 saturated heterocycles. The zero-order valence-corrected chi connectivity index (χ0v) is 9.58. The number of hydrogen-bond donors (Lipinski definition) is 1. The molecule has 1 N–H and O–H groups in total. The Hall–Kier alpha value is -1.75. The molecule has 16 heavy (non-hydrogen) atoms. The second-order valence-electron chi connectivity index (χ2n) is 3.76. The highest BCUT2D eigenvalue weighted by atomic mass is 14.9. The van der Waals surface area contributed by atoms with E-state index < -0.39 is 0 Å². The van der Waals surface area contributed by atoms with Crippen molar-refractivity contribution in [3.05, 3.63) is 42.5 Å². The summed E-state index contributed by atoms with van der Waals surface area (Å²) in [6, 6.07) is 9.72. The predicted molar refractivity (Wildman–Crippen MR) is 68.3 cm³/mol. The Bertz CT molecular complexity index is 363. The van der Waals surface area contributed by atoms with E-state index in [9.17, 15) is 0 Å². The van der Waals surface area contributed by atoms with Gasteiger partial charge in [0.2, 0.25) is 0 Å². The minimum atomic E-state index is 0.705. The van der Waals surface area contributed by atoms with E-state index in [0.29, 0.717) is 5.56 Å². The van der Waals surface area contributed by atoms with Gasteiger partial charge in [-0.1, -0.05) is 18.6 Å². The molecule has 0 aliphatic heterocycles. The molecule has 0 heterocycles. The van der Waals surface area contributed by atoms with E-state index in [1.54, 1.807) is 0 Å². The molecule has 0 bridgehead atoms. The molecule has 0 fully saturated rings. The van der Waals surface area contributed by atoms with Gasteiger partial charge in [-0.2, -0.15) is 5.26 Å². The van der Waals surface area contributed by atoms with Gasteiger partial charge in [0.05, 0.1) is 11.6 Å². The highest BCUT2D eigenvalue weighted by Crippen LogP contribution is 2.10. The minimum absolute atomic E-state index is 0.705. The molecule has 0 unspecified atom stereocenters. The molecule has 1 aromatic carbocycles. The van der Waals surface area contributed by atoms with Crippen molar-refractivity contribution in [1.29, 1.82) is 5.26 Å². The summed E-state index contributed by atoms with van der Waals surface area (Å²) in [5.74, 6) is 0. The number of nitriles is 1. The standard InChI is InChI=1S/C14H18N2/c1-2-3-4-5-6-10-16-14-9-7-8-13(11-14)12-15/h2,7-9,11,16H,1,3-6,10H2. The summed E-state index contributed by atoms with van der Waals surface area (Å²) < 4.78 is 0. The highest BCUT2D eigenvalue weighted by molar-refractivity contribution is 5.48. The fourth-order valence-electron chi connectivity index (χ4n) is 1.52. The van der Waals surface area contributed by atoms with Gasteiger partial charge in [-0.3, -0.25) is 0 Å². The molecule has 84 valence electrons. The van der Waals surface area contributed by atoms with E-state index in [0.717, 1.165) is 25.1 Å². The Balaban J connectivity index is 2.21. The number of rotatable bonds is 7. The molecular formula is C14H18N2. The van der Waals surface area contributed by atoms with Crippen molar-refractivity contribution in [3.63, 3.8) is 0 Å². The molecule has 0 radical (unpaired) electrons. The van der Waals surface area contributed by atoms with Crippen LogP contribution in [0.4, 0.5) is 5.69 Å². The smallest absolute Gasteiger partial charge is 0.0992 e. The Morgan fingerprint density at radius 1 is 1.31 bits per heavy atom. The summed E-state index contributed by atoms with van der Waals surface area (Å²) in [5.41, 5.74) is 1.74. The molecular weight excluding hydrogens is 196 g/mol. The second-order valence-corrected chi connectivity index (χ2v) is 3.76. The van der Waals surface area contributed by atoms with Crippen LogP contribution < -0.4 is 5.32 Å². The average Bonchev–Trinajstić information content (AvgIpc) is 2.34. The third kappa shape index (κ3) is 4.65. The van der Waals surface area contributed by atoms with E-state index in [1.165, 1.54) is 12.8 Å². The van der Waals surface area contributed by atoms with Gasteiger partial charge in [-0.25, -0.2) is 0 Å². The summed E-state index contributed by atoms with van der Waals surface area (Å²) in [6.45, 7) is 4.66. The molecule has 0 atom stereocenters. The Kier molecular flexibility index (Phi) is 5.80. The van der Waals surface area contributed by atoms with E-state index in [2.05, 4.69) is 18.0 Å². The van der Waals surface area contributed by atoms with Crippen molar-refractivity contribution in [2.75, 3.05) is 11.9 Å². The zero-order valence-electron chi connectivity index (χ0n) is 9.58. The quantitative estimate of drug-likeness (QED) is 0.554. The first-order chi connectivity index (χ1) is 7.86. The van der Waals surface area contributed by atoms with Crippen LogP contribution in [0.3, 0.4) is 0 Å². The highest BCUT2D eigenvalue weighted by Gasteiger charge is 1.94. The summed E-state index contributed by atoms with van der Waals surface area (Å²) >= 11 is 0. The average molecular weight is 214 g/mol. The lowest BCUT2D eigenvalue weighted by Gasteiger charge is -2.05. The SMILES string of the molecule is C=CCCCCCNc1cccc(C#N)c1. The van der Waals surface area contributed by atoms with Gasteiger partial charge >= 0.3 is 0 Å². The van der Waals surface area contributed by atoms with E-state index >= 15 is 0 Å². The molecule has 0 amide bonds. The fraction of sp³-hybridized carbons (Fsp3) is 0.357. The third-order valence-corrected chi connectivity index (χ3v) is 2.41. The first-order valence-electron chi connectivity index (χ1n) is 5.72. The van der Waals surface area contributed by atoms with Crippen molar-refractivity contribution in [3.8, 4) is 6.07 Å². The van der Waals surface area contributed by atoms with Crippen LogP contribution in [0, 0.1) is 11.3 Å². The summed E-state index contributed by atoms with van der Waals surface area (Å²) in [6.07, 6.45) is 6.65. The van der Waals surface area contributed by atoms with Gasteiger partial charge in [0.1, 0.15) is 0 Å². The molecule has 2 heteroatoms. The number of anilines is 1. The maximum absolute atomic E-state index is 8.74. The molecule has 0 saturated carbocycles. The summed E-state index contributed by atoms with van der Waals surface area (Å²) in [5, 5.41) is 12.1. The number of unbranched alkanes of at least 4 members (excludes halogenated alkanes) is 3. The van der Waals surface area contributed by atoms with E-state index in [1.807, 2.05) is 30.3 Å². The van der Waals surface area contributed by atoms with Gasteiger partial charge in [0, 0.05) is 12.2 Å². The molecule has 0 aliphatic carbocycles. The maximum Gasteiger partial charge on any atom is 0.0992 e. The van der Waals surface area contributed by atoms with Crippen molar-refractivity contribution < 1.29 is 0 Å². The first kappa shape index (κ1) is 12.3. The van der Waals surface area contributed by atoms with Crippen molar-refractivity contribution in [2.45, 2.75) is 25.7 Å². The van der Waals surface area contributed by atoms with Crippen LogP contribution in [-0.4, -0.2) is 6.54 Å². The number of benzene rings is 1. The molecule has 1 rings (SSSR count). The van der Waals surface area contributed by atoms with Crippen LogP contribution >= 0.6 is 0 Å². The Morgan fingerprint density at radius 2 is 2.19 bits per heavy atom. The first-order valence-corrected chi connectivity index (χ1v) is 5.72. The Labute approximate surface area is 97.6 Å². The number of hydrogen-bond acceptors (Lipinski definition) is 2. The molecule has 2 nitrogen and oxygen atoms in total. The Morgan fingerprint density at radius 3 is 2.94 bits per heavy atom. The topological polar surface area (TPSA) is 35.8 Å². The van der Waals surface area contributed by atoms with Gasteiger partial charge in [0.25, 0.3) is 0 Å². The second kappa shape index (κ2) is 7.53. The molecule has 0 aliphatic rings.